The zero-order valence-corrected chi connectivity index (χ0v) is 17.6. The first-order valence-electron chi connectivity index (χ1n) is 10.4. The van der Waals surface area contributed by atoms with Gasteiger partial charge in [-0.1, -0.05) is 12.1 Å². The zero-order valence-electron chi connectivity index (χ0n) is 17.6. The molecule has 1 heterocycles. The van der Waals surface area contributed by atoms with Crippen molar-refractivity contribution in [3.05, 3.63) is 65.7 Å². The van der Waals surface area contributed by atoms with Crippen LogP contribution in [0, 0.1) is 11.7 Å². The van der Waals surface area contributed by atoms with Crippen LogP contribution in [0.1, 0.15) is 41.7 Å². The molecule has 1 aliphatic carbocycles. The van der Waals surface area contributed by atoms with Gasteiger partial charge in [-0.25, -0.2) is 4.39 Å². The molecule has 1 fully saturated rings. The van der Waals surface area contributed by atoms with Gasteiger partial charge in [0.05, 0.1) is 12.1 Å². The Balaban J connectivity index is 0.00000114. The summed E-state index contributed by atoms with van der Waals surface area (Å²) in [5.74, 6) is -1.29. The Morgan fingerprint density at radius 3 is 2.66 bits per heavy atom. The maximum Gasteiger partial charge on any atom is 0.290 e. The van der Waals surface area contributed by atoms with Gasteiger partial charge < -0.3 is 20.8 Å². The number of pyridine rings is 1. The summed E-state index contributed by atoms with van der Waals surface area (Å²) in [7, 11) is 0. The van der Waals surface area contributed by atoms with Crippen LogP contribution in [0.5, 0.6) is 0 Å². The Labute approximate surface area is 185 Å². The van der Waals surface area contributed by atoms with Crippen molar-refractivity contribution < 1.29 is 29.0 Å². The Kier molecular flexibility index (Phi) is 10.3. The van der Waals surface area contributed by atoms with Gasteiger partial charge in [-0.15, -0.1) is 0 Å². The molecule has 0 radical (unpaired) electrons. The highest BCUT2D eigenvalue weighted by atomic mass is 19.1. The highest BCUT2D eigenvalue weighted by Gasteiger charge is 2.33. The smallest absolute Gasteiger partial charge is 0.290 e. The van der Waals surface area contributed by atoms with E-state index < -0.39 is 23.9 Å². The fourth-order valence-corrected chi connectivity index (χ4v) is 3.60. The molecule has 8 nitrogen and oxygen atoms in total. The lowest BCUT2D eigenvalue weighted by molar-refractivity contribution is -0.127. The molecule has 0 saturated heterocycles. The molecule has 2 amide bonds. The summed E-state index contributed by atoms with van der Waals surface area (Å²) < 4.78 is 13.3. The van der Waals surface area contributed by atoms with Crippen molar-refractivity contribution in [1.82, 2.24) is 15.6 Å². The van der Waals surface area contributed by atoms with E-state index in [1.807, 2.05) is 18.2 Å². The molecule has 3 rings (SSSR count). The zero-order chi connectivity index (χ0) is 23.3. The van der Waals surface area contributed by atoms with Crippen molar-refractivity contribution in [2.75, 3.05) is 6.54 Å². The number of nitrogens with one attached hydrogen (secondary N) is 2. The van der Waals surface area contributed by atoms with E-state index in [2.05, 4.69) is 15.6 Å². The molecule has 1 aromatic heterocycles. The van der Waals surface area contributed by atoms with Gasteiger partial charge >= 0.3 is 0 Å². The average molecular weight is 445 g/mol. The molecule has 2 aromatic rings. The third-order valence-electron chi connectivity index (χ3n) is 5.22. The predicted molar refractivity (Wildman–Crippen MR) is 115 cm³/mol. The van der Waals surface area contributed by atoms with Crippen LogP contribution in [0.2, 0.25) is 0 Å². The molecule has 0 aliphatic heterocycles. The van der Waals surface area contributed by atoms with Crippen LogP contribution in [0.3, 0.4) is 0 Å². The maximum absolute atomic E-state index is 13.3. The first-order valence-corrected chi connectivity index (χ1v) is 10.4. The summed E-state index contributed by atoms with van der Waals surface area (Å²) in [4.78, 5) is 37.4. The van der Waals surface area contributed by atoms with Gasteiger partial charge in [0.1, 0.15) is 5.82 Å². The van der Waals surface area contributed by atoms with Gasteiger partial charge in [0.15, 0.2) is 0 Å². The van der Waals surface area contributed by atoms with E-state index in [4.69, 9.17) is 9.90 Å². The largest absolute Gasteiger partial charge is 0.483 e. The number of amides is 2. The fraction of sp³-hybridized carbons (Fsp3) is 0.391. The number of aliphatic hydroxyl groups is 1. The number of carboxylic acid groups (broad SMARTS) is 1. The number of nitrogens with zero attached hydrogens (tertiary/aromatic N) is 1. The highest BCUT2D eigenvalue weighted by molar-refractivity contribution is 5.94. The molecule has 1 saturated carbocycles. The Bertz CT molecular complexity index is 881. The number of carbonyl (C=O) groups excluding carboxylic acids is 2. The standard InChI is InChI=1S/C22H26FN3O3.CH2O2/c23-17-6-3-5-15(13-17)22(29)26-19-14-16(9-10-20(19)27)21(28)25-12-4-8-18-7-1-2-11-24-18;2-1-3/h1-3,5-7,11,13,16,19-20,27H,4,8-10,12,14H2,(H,25,28)(H,26,29);1H,(H,2,3)/t16-,19+,20+;/m0./s1. The maximum atomic E-state index is 13.3. The lowest BCUT2D eigenvalue weighted by atomic mass is 9.83. The Hall–Kier alpha value is -3.33. The average Bonchev–Trinajstić information content (AvgIpc) is 2.79. The van der Waals surface area contributed by atoms with Gasteiger partial charge in [-0.3, -0.25) is 19.4 Å². The third-order valence-corrected chi connectivity index (χ3v) is 5.22. The third kappa shape index (κ3) is 8.07. The van der Waals surface area contributed by atoms with Crippen molar-refractivity contribution in [3.8, 4) is 0 Å². The number of halogens is 1. The summed E-state index contributed by atoms with van der Waals surface area (Å²) in [6.45, 7) is 0.300. The fourth-order valence-electron chi connectivity index (χ4n) is 3.60. The number of benzene rings is 1. The summed E-state index contributed by atoms with van der Waals surface area (Å²) in [5.41, 5.74) is 1.18. The minimum atomic E-state index is -0.722. The topological polar surface area (TPSA) is 129 Å². The highest BCUT2D eigenvalue weighted by Crippen LogP contribution is 2.25. The van der Waals surface area contributed by atoms with Gasteiger partial charge in [0, 0.05) is 29.9 Å². The molecule has 172 valence electrons. The molecular formula is C23H28FN3O5. The van der Waals surface area contributed by atoms with Crippen molar-refractivity contribution >= 4 is 18.3 Å². The first kappa shape index (κ1) is 24.9. The number of hydrogen-bond acceptors (Lipinski definition) is 5. The van der Waals surface area contributed by atoms with E-state index in [1.54, 1.807) is 6.20 Å². The summed E-state index contributed by atoms with van der Waals surface area (Å²) in [6.07, 6.45) is 3.96. The molecule has 32 heavy (non-hydrogen) atoms. The minimum Gasteiger partial charge on any atom is -0.483 e. The summed E-state index contributed by atoms with van der Waals surface area (Å²) in [6, 6.07) is 10.6. The molecule has 0 unspecified atom stereocenters. The SMILES string of the molecule is O=C(N[C@@H]1C[C@@H](C(=O)NCCCc2ccccn2)CC[C@H]1O)c1cccc(F)c1.O=CO. The lowest BCUT2D eigenvalue weighted by Gasteiger charge is -2.33. The van der Waals surface area contributed by atoms with Crippen LogP contribution in [0.25, 0.3) is 0 Å². The van der Waals surface area contributed by atoms with Gasteiger partial charge in [0.25, 0.3) is 12.4 Å². The minimum absolute atomic E-state index is 0.0667. The molecule has 9 heteroatoms. The van der Waals surface area contributed by atoms with Gasteiger partial charge in [-0.05, 0) is 62.4 Å². The van der Waals surface area contributed by atoms with E-state index in [1.165, 1.54) is 18.2 Å². The lowest BCUT2D eigenvalue weighted by Crippen LogP contribution is -2.49. The van der Waals surface area contributed by atoms with Crippen molar-refractivity contribution in [3.63, 3.8) is 0 Å². The number of aliphatic hydroxyl groups excluding tert-OH is 1. The molecule has 4 N–H and O–H groups in total. The first-order chi connectivity index (χ1) is 15.4. The van der Waals surface area contributed by atoms with Crippen LogP contribution < -0.4 is 10.6 Å². The van der Waals surface area contributed by atoms with Crippen LogP contribution >= 0.6 is 0 Å². The predicted octanol–water partition coefficient (Wildman–Crippen LogP) is 1.93. The molecule has 1 aromatic carbocycles. The van der Waals surface area contributed by atoms with E-state index in [0.29, 0.717) is 25.8 Å². The second-order valence-electron chi connectivity index (χ2n) is 7.49. The van der Waals surface area contributed by atoms with Crippen molar-refractivity contribution in [2.24, 2.45) is 5.92 Å². The van der Waals surface area contributed by atoms with Gasteiger partial charge in [-0.2, -0.15) is 0 Å². The van der Waals surface area contributed by atoms with E-state index >= 15 is 0 Å². The number of carbonyl (C=O) groups is 3. The van der Waals surface area contributed by atoms with Crippen LogP contribution in [-0.4, -0.2) is 52.2 Å². The molecule has 3 atom stereocenters. The van der Waals surface area contributed by atoms with E-state index in [9.17, 15) is 19.1 Å². The van der Waals surface area contributed by atoms with Crippen molar-refractivity contribution in [2.45, 2.75) is 44.2 Å². The molecular weight excluding hydrogens is 417 g/mol. The summed E-state index contributed by atoms with van der Waals surface area (Å²) >= 11 is 0. The summed E-state index contributed by atoms with van der Waals surface area (Å²) in [5, 5.41) is 22.8. The second kappa shape index (κ2) is 13.2. The van der Waals surface area contributed by atoms with Crippen LogP contribution in [-0.2, 0) is 16.0 Å². The van der Waals surface area contributed by atoms with Crippen LogP contribution in [0.4, 0.5) is 4.39 Å². The molecule has 1 aliphatic rings. The Morgan fingerprint density at radius 1 is 1.19 bits per heavy atom. The van der Waals surface area contributed by atoms with Crippen LogP contribution in [0.15, 0.2) is 48.7 Å². The normalized spacial score (nSPS) is 19.8. The number of aromatic nitrogens is 1. The number of aryl methyl sites for hydroxylation is 1. The Morgan fingerprint density at radius 2 is 1.97 bits per heavy atom. The van der Waals surface area contributed by atoms with Gasteiger partial charge in [0.2, 0.25) is 5.91 Å². The monoisotopic (exact) mass is 445 g/mol. The second-order valence-corrected chi connectivity index (χ2v) is 7.49. The molecule has 0 spiro atoms. The van der Waals surface area contributed by atoms with E-state index in [-0.39, 0.29) is 23.9 Å². The van der Waals surface area contributed by atoms with E-state index in [0.717, 1.165) is 24.6 Å². The molecule has 0 bridgehead atoms. The van der Waals surface area contributed by atoms with Crippen molar-refractivity contribution in [1.29, 1.82) is 0 Å². The number of rotatable bonds is 7. The number of hydrogen-bond donors (Lipinski definition) is 4. The quantitative estimate of drug-likeness (QED) is 0.381.